The molecule has 0 N–H and O–H groups in total. The average Bonchev–Trinajstić information content (AvgIpc) is 3.29. The molecule has 0 unspecified atom stereocenters. The monoisotopic (exact) mass is 346 g/mol. The Labute approximate surface area is 143 Å². The number of carbonyl (C=O) groups excluding carboxylic acids is 1. The van der Waals surface area contributed by atoms with Gasteiger partial charge in [-0.2, -0.15) is 0 Å². The minimum Gasteiger partial charge on any atom is -0.373 e. The van der Waals surface area contributed by atoms with Crippen LogP contribution in [0, 0.1) is 0 Å². The van der Waals surface area contributed by atoms with Crippen molar-refractivity contribution >= 4 is 17.4 Å². The van der Waals surface area contributed by atoms with Crippen molar-refractivity contribution in [2.75, 3.05) is 13.2 Å². The molecule has 2 fully saturated rings. The lowest BCUT2D eigenvalue weighted by molar-refractivity contribution is -0.0814. The third-order valence-electron chi connectivity index (χ3n) is 4.49. The summed E-state index contributed by atoms with van der Waals surface area (Å²) in [6.45, 7) is 1.64. The van der Waals surface area contributed by atoms with E-state index in [0.29, 0.717) is 25.5 Å². The average molecular weight is 346 g/mol. The number of hydrogen-bond donors (Lipinski definition) is 0. The van der Waals surface area contributed by atoms with Crippen LogP contribution in [0.4, 0.5) is 0 Å². The van der Waals surface area contributed by atoms with Crippen LogP contribution >= 0.6 is 11.5 Å². The zero-order valence-electron chi connectivity index (χ0n) is 13.1. The zero-order chi connectivity index (χ0) is 16.4. The Kier molecular flexibility index (Phi) is 4.50. The molecule has 1 amide bonds. The summed E-state index contributed by atoms with van der Waals surface area (Å²) >= 11 is 1.19. The first-order chi connectivity index (χ1) is 11.8. The molecule has 2 aliphatic heterocycles. The molecule has 24 heavy (non-hydrogen) atoms. The summed E-state index contributed by atoms with van der Waals surface area (Å²) in [4.78, 5) is 18.8. The first kappa shape index (κ1) is 15.6. The lowest BCUT2D eigenvalue weighted by Gasteiger charge is -2.31. The molecule has 4 rings (SSSR count). The Bertz CT molecular complexity index is 682. The SMILES string of the molecule is O=C(c1csnn1)N1C[C@H](OCc2ccccn2)[C@H]2OCCC[C@H]21. The quantitative estimate of drug-likeness (QED) is 0.835. The highest BCUT2D eigenvalue weighted by Crippen LogP contribution is 2.32. The van der Waals surface area contributed by atoms with Crippen molar-refractivity contribution in [3.63, 3.8) is 0 Å². The van der Waals surface area contributed by atoms with E-state index in [4.69, 9.17) is 9.47 Å². The van der Waals surface area contributed by atoms with Gasteiger partial charge in [-0.1, -0.05) is 10.6 Å². The minimum atomic E-state index is -0.146. The highest BCUT2D eigenvalue weighted by atomic mass is 32.1. The van der Waals surface area contributed by atoms with E-state index in [1.807, 2.05) is 23.1 Å². The fourth-order valence-electron chi connectivity index (χ4n) is 3.37. The van der Waals surface area contributed by atoms with Crippen LogP contribution in [0.15, 0.2) is 29.8 Å². The van der Waals surface area contributed by atoms with Crippen molar-refractivity contribution in [1.29, 1.82) is 0 Å². The van der Waals surface area contributed by atoms with E-state index in [1.54, 1.807) is 11.6 Å². The molecule has 0 bridgehead atoms. The first-order valence-electron chi connectivity index (χ1n) is 8.04. The molecular weight excluding hydrogens is 328 g/mol. The Balaban J connectivity index is 1.48. The summed E-state index contributed by atoms with van der Waals surface area (Å²) in [6, 6.07) is 5.78. The van der Waals surface area contributed by atoms with Gasteiger partial charge in [-0.05, 0) is 36.5 Å². The van der Waals surface area contributed by atoms with Gasteiger partial charge >= 0.3 is 0 Å². The predicted molar refractivity (Wildman–Crippen MR) is 86.5 cm³/mol. The number of likely N-dealkylation sites (tertiary alicyclic amines) is 1. The van der Waals surface area contributed by atoms with Crippen LogP contribution in [0.1, 0.15) is 29.0 Å². The zero-order valence-corrected chi connectivity index (χ0v) is 13.9. The van der Waals surface area contributed by atoms with Crippen LogP contribution in [0.3, 0.4) is 0 Å². The van der Waals surface area contributed by atoms with Crippen molar-refractivity contribution < 1.29 is 14.3 Å². The van der Waals surface area contributed by atoms with Gasteiger partial charge in [0, 0.05) is 18.2 Å². The molecule has 2 aromatic rings. The molecule has 2 aliphatic rings. The summed E-state index contributed by atoms with van der Waals surface area (Å²) in [5.41, 5.74) is 1.27. The van der Waals surface area contributed by atoms with E-state index >= 15 is 0 Å². The second kappa shape index (κ2) is 6.92. The van der Waals surface area contributed by atoms with Crippen LogP contribution in [0.25, 0.3) is 0 Å². The largest absolute Gasteiger partial charge is 0.373 e. The Morgan fingerprint density at radius 1 is 1.46 bits per heavy atom. The number of fused-ring (bicyclic) bond motifs is 1. The molecule has 4 heterocycles. The number of aromatic nitrogens is 3. The number of rotatable bonds is 4. The number of pyridine rings is 1. The third kappa shape index (κ3) is 3.04. The Morgan fingerprint density at radius 3 is 3.21 bits per heavy atom. The fraction of sp³-hybridized carbons (Fsp3) is 0.500. The molecule has 0 spiro atoms. The molecule has 126 valence electrons. The van der Waals surface area contributed by atoms with Gasteiger partial charge in [0.25, 0.3) is 5.91 Å². The van der Waals surface area contributed by atoms with Crippen molar-refractivity contribution in [2.24, 2.45) is 0 Å². The van der Waals surface area contributed by atoms with Gasteiger partial charge in [0.1, 0.15) is 12.2 Å². The molecular formula is C16H18N4O3S. The topological polar surface area (TPSA) is 77.4 Å². The molecule has 7 nitrogen and oxygen atoms in total. The van der Waals surface area contributed by atoms with Gasteiger partial charge in [0.15, 0.2) is 5.69 Å². The van der Waals surface area contributed by atoms with Gasteiger partial charge in [0.05, 0.1) is 24.9 Å². The van der Waals surface area contributed by atoms with Crippen molar-refractivity contribution in [3.05, 3.63) is 41.2 Å². The fourth-order valence-corrected chi connectivity index (χ4v) is 3.80. The maximum Gasteiger partial charge on any atom is 0.275 e. The van der Waals surface area contributed by atoms with Gasteiger partial charge in [-0.3, -0.25) is 9.78 Å². The number of amides is 1. The second-order valence-corrected chi connectivity index (χ2v) is 6.57. The highest BCUT2D eigenvalue weighted by molar-refractivity contribution is 7.03. The minimum absolute atomic E-state index is 0.0432. The van der Waals surface area contributed by atoms with E-state index in [0.717, 1.165) is 18.5 Å². The highest BCUT2D eigenvalue weighted by Gasteiger charge is 2.47. The molecule has 2 aromatic heterocycles. The van der Waals surface area contributed by atoms with Gasteiger partial charge in [-0.25, -0.2) is 0 Å². The number of ether oxygens (including phenoxy) is 2. The standard InChI is InChI=1S/C16H18N4O3S/c21-16(12-10-24-19-18-12)20-8-14(15-13(20)5-3-7-22-15)23-9-11-4-1-2-6-17-11/h1-2,4,6,10,13-15H,3,5,7-9H2/t13-,14+,15+/m1/s1. The maximum atomic E-state index is 12.7. The Morgan fingerprint density at radius 2 is 2.42 bits per heavy atom. The molecule has 0 aromatic carbocycles. The molecule has 0 saturated carbocycles. The summed E-state index contributed by atoms with van der Waals surface area (Å²) in [6.07, 6.45) is 3.40. The van der Waals surface area contributed by atoms with E-state index in [1.165, 1.54) is 11.5 Å². The summed E-state index contributed by atoms with van der Waals surface area (Å²) in [5.74, 6) is -0.0896. The Hall–Kier alpha value is -1.90. The van der Waals surface area contributed by atoms with E-state index in [9.17, 15) is 4.79 Å². The maximum absolute atomic E-state index is 12.7. The van der Waals surface area contributed by atoms with Gasteiger partial charge in [0.2, 0.25) is 0 Å². The van der Waals surface area contributed by atoms with E-state index < -0.39 is 0 Å². The van der Waals surface area contributed by atoms with Crippen molar-refractivity contribution in [3.8, 4) is 0 Å². The van der Waals surface area contributed by atoms with Crippen LogP contribution in [0.5, 0.6) is 0 Å². The lowest BCUT2D eigenvalue weighted by atomic mass is 10.0. The third-order valence-corrected chi connectivity index (χ3v) is 4.99. The number of nitrogens with zero attached hydrogens (tertiary/aromatic N) is 4. The molecule has 8 heteroatoms. The van der Waals surface area contributed by atoms with Crippen molar-refractivity contribution in [2.45, 2.75) is 37.7 Å². The summed E-state index contributed by atoms with van der Waals surface area (Å²) in [7, 11) is 0. The normalized spacial score (nSPS) is 26.3. The van der Waals surface area contributed by atoms with E-state index in [-0.39, 0.29) is 24.2 Å². The molecule has 0 aliphatic carbocycles. The van der Waals surface area contributed by atoms with Crippen LogP contribution < -0.4 is 0 Å². The molecule has 3 atom stereocenters. The lowest BCUT2D eigenvalue weighted by Crippen LogP contribution is -2.44. The number of hydrogen-bond acceptors (Lipinski definition) is 7. The van der Waals surface area contributed by atoms with Crippen LogP contribution in [-0.2, 0) is 16.1 Å². The summed E-state index contributed by atoms with van der Waals surface area (Å²) < 4.78 is 15.8. The predicted octanol–water partition coefficient (Wildman–Crippen LogP) is 1.52. The van der Waals surface area contributed by atoms with Crippen LogP contribution in [-0.4, -0.2) is 56.8 Å². The smallest absolute Gasteiger partial charge is 0.275 e. The molecule has 0 radical (unpaired) electrons. The van der Waals surface area contributed by atoms with Gasteiger partial charge < -0.3 is 14.4 Å². The second-order valence-electron chi connectivity index (χ2n) is 5.96. The van der Waals surface area contributed by atoms with Gasteiger partial charge in [-0.15, -0.1) is 5.10 Å². The van der Waals surface area contributed by atoms with Crippen molar-refractivity contribution in [1.82, 2.24) is 19.5 Å². The first-order valence-corrected chi connectivity index (χ1v) is 8.88. The van der Waals surface area contributed by atoms with Crippen LogP contribution in [0.2, 0.25) is 0 Å². The molecule has 2 saturated heterocycles. The summed E-state index contributed by atoms with van der Waals surface area (Å²) in [5, 5.41) is 5.59. The number of carbonyl (C=O) groups is 1. The van der Waals surface area contributed by atoms with E-state index in [2.05, 4.69) is 14.6 Å².